The van der Waals surface area contributed by atoms with E-state index < -0.39 is 10.8 Å². The zero-order valence-electron chi connectivity index (χ0n) is 16.0. The fraction of sp³-hybridized carbons (Fsp3) is 0.0952. The van der Waals surface area contributed by atoms with Crippen LogP contribution in [-0.4, -0.2) is 25.4 Å². The number of benzene rings is 2. The van der Waals surface area contributed by atoms with Crippen LogP contribution in [0.25, 0.3) is 11.2 Å². The van der Waals surface area contributed by atoms with Crippen LogP contribution in [0.5, 0.6) is 0 Å². The summed E-state index contributed by atoms with van der Waals surface area (Å²) in [6.45, 7) is 0.409. The lowest BCUT2D eigenvalue weighted by Crippen LogP contribution is -2.25. The molecule has 0 unspecified atom stereocenters. The van der Waals surface area contributed by atoms with E-state index in [2.05, 4.69) is 15.3 Å². The number of rotatable bonds is 6. The lowest BCUT2D eigenvalue weighted by Gasteiger charge is -2.10. The molecular formula is C21H15ClFN5O3. The third-order valence-electron chi connectivity index (χ3n) is 4.65. The van der Waals surface area contributed by atoms with Crippen molar-refractivity contribution < 1.29 is 14.1 Å². The number of nitrogens with one attached hydrogen (secondary N) is 1. The van der Waals surface area contributed by atoms with Crippen molar-refractivity contribution in [2.75, 3.05) is 0 Å². The minimum Gasteiger partial charge on any atom is -0.345 e. The van der Waals surface area contributed by atoms with Gasteiger partial charge in [-0.2, -0.15) is 0 Å². The summed E-state index contributed by atoms with van der Waals surface area (Å²) in [6.07, 6.45) is 1.64. The third-order valence-corrected chi connectivity index (χ3v) is 4.98. The molecule has 4 rings (SSSR count). The zero-order valence-corrected chi connectivity index (χ0v) is 16.7. The number of non-ortho nitro benzene ring substituents is 1. The highest BCUT2D eigenvalue weighted by Gasteiger charge is 2.18. The average Bonchev–Trinajstić information content (AvgIpc) is 3.11. The van der Waals surface area contributed by atoms with Gasteiger partial charge in [0, 0.05) is 18.3 Å². The summed E-state index contributed by atoms with van der Waals surface area (Å²) in [5, 5.41) is 13.8. The summed E-state index contributed by atoms with van der Waals surface area (Å²) in [6, 6.07) is 13.3. The molecule has 0 radical (unpaired) electrons. The zero-order chi connectivity index (χ0) is 22.0. The van der Waals surface area contributed by atoms with Crippen molar-refractivity contribution in [3.8, 4) is 0 Å². The van der Waals surface area contributed by atoms with Crippen LogP contribution >= 0.6 is 11.6 Å². The van der Waals surface area contributed by atoms with Gasteiger partial charge in [-0.15, -0.1) is 0 Å². The van der Waals surface area contributed by atoms with E-state index in [0.717, 1.165) is 11.6 Å². The Morgan fingerprint density at radius 2 is 1.97 bits per heavy atom. The molecule has 0 saturated heterocycles. The molecule has 0 aliphatic rings. The van der Waals surface area contributed by atoms with Gasteiger partial charge in [-0.3, -0.25) is 14.9 Å². The van der Waals surface area contributed by atoms with E-state index in [9.17, 15) is 19.3 Å². The number of amides is 1. The molecule has 0 fully saturated rings. The van der Waals surface area contributed by atoms with Gasteiger partial charge in [0.05, 0.1) is 28.6 Å². The number of nitro benzene ring substituents is 1. The number of nitro groups is 1. The third kappa shape index (κ3) is 4.36. The number of nitrogens with zero attached hydrogens (tertiary/aromatic N) is 4. The second-order valence-electron chi connectivity index (χ2n) is 6.69. The molecule has 1 amide bonds. The van der Waals surface area contributed by atoms with Crippen molar-refractivity contribution in [1.29, 1.82) is 0 Å². The van der Waals surface area contributed by atoms with Gasteiger partial charge in [0.25, 0.3) is 11.6 Å². The Morgan fingerprint density at radius 1 is 1.19 bits per heavy atom. The Balaban J connectivity index is 1.61. The molecule has 156 valence electrons. The minimum atomic E-state index is -0.596. The molecule has 0 spiro atoms. The maximum absolute atomic E-state index is 13.2. The van der Waals surface area contributed by atoms with Crippen molar-refractivity contribution >= 4 is 34.4 Å². The van der Waals surface area contributed by atoms with Crippen molar-refractivity contribution in [2.24, 2.45) is 0 Å². The Hall–Kier alpha value is -3.85. The standard InChI is InChI=1S/C21H15ClFN5O3/c22-17-8-7-15(28(30)31)10-16(17)21(29)25-11-19-26-18-2-1-9-24-20(18)27(19)12-13-3-5-14(23)6-4-13/h1-10H,11-12H2,(H,25,29). The lowest BCUT2D eigenvalue weighted by atomic mass is 10.2. The maximum atomic E-state index is 13.2. The second kappa shape index (κ2) is 8.49. The van der Waals surface area contributed by atoms with E-state index in [1.807, 2.05) is 4.57 Å². The van der Waals surface area contributed by atoms with Crippen LogP contribution in [-0.2, 0) is 13.1 Å². The molecule has 1 N–H and O–H groups in total. The normalized spacial score (nSPS) is 10.9. The van der Waals surface area contributed by atoms with Gasteiger partial charge in [0.1, 0.15) is 17.2 Å². The average molecular weight is 440 g/mol. The summed E-state index contributed by atoms with van der Waals surface area (Å²) in [5.41, 5.74) is 1.85. The highest BCUT2D eigenvalue weighted by molar-refractivity contribution is 6.33. The van der Waals surface area contributed by atoms with Crippen LogP contribution in [0.3, 0.4) is 0 Å². The Morgan fingerprint density at radius 3 is 2.71 bits per heavy atom. The van der Waals surface area contributed by atoms with Gasteiger partial charge in [-0.05, 0) is 35.9 Å². The Labute approximate surface area is 180 Å². The monoisotopic (exact) mass is 439 g/mol. The van der Waals surface area contributed by atoms with Crippen molar-refractivity contribution in [2.45, 2.75) is 13.1 Å². The van der Waals surface area contributed by atoms with Crippen LogP contribution in [0, 0.1) is 15.9 Å². The van der Waals surface area contributed by atoms with E-state index in [-0.39, 0.29) is 28.6 Å². The summed E-state index contributed by atoms with van der Waals surface area (Å²) in [5.74, 6) is -0.381. The molecule has 10 heteroatoms. The van der Waals surface area contributed by atoms with Crippen molar-refractivity contribution in [3.05, 3.63) is 98.7 Å². The van der Waals surface area contributed by atoms with Crippen LogP contribution < -0.4 is 5.32 Å². The minimum absolute atomic E-state index is 0.00446. The van der Waals surface area contributed by atoms with Crippen molar-refractivity contribution in [1.82, 2.24) is 19.9 Å². The Kier molecular flexibility index (Phi) is 5.59. The highest BCUT2D eigenvalue weighted by atomic mass is 35.5. The molecule has 0 aliphatic heterocycles. The SMILES string of the molecule is O=C(NCc1nc2cccnc2n1Cc1ccc(F)cc1)c1cc([N+](=O)[O-])ccc1Cl. The predicted octanol–water partition coefficient (Wildman–Crippen LogP) is 4.11. The fourth-order valence-electron chi connectivity index (χ4n) is 3.13. The lowest BCUT2D eigenvalue weighted by molar-refractivity contribution is -0.384. The first-order valence-electron chi connectivity index (χ1n) is 9.19. The largest absolute Gasteiger partial charge is 0.345 e. The number of hydrogen-bond donors (Lipinski definition) is 1. The fourth-order valence-corrected chi connectivity index (χ4v) is 3.34. The van der Waals surface area contributed by atoms with Crippen LogP contribution in [0.2, 0.25) is 5.02 Å². The van der Waals surface area contributed by atoms with Crippen LogP contribution in [0.4, 0.5) is 10.1 Å². The summed E-state index contributed by atoms with van der Waals surface area (Å²) < 4.78 is 15.1. The number of aromatic nitrogens is 3. The number of carbonyl (C=O) groups excluding carboxylic acids is 1. The van der Waals surface area contributed by atoms with Gasteiger partial charge in [-0.25, -0.2) is 14.4 Å². The summed E-state index contributed by atoms with van der Waals surface area (Å²) in [7, 11) is 0. The number of carbonyl (C=O) groups is 1. The molecule has 31 heavy (non-hydrogen) atoms. The highest BCUT2D eigenvalue weighted by Crippen LogP contribution is 2.22. The number of fused-ring (bicyclic) bond motifs is 1. The van der Waals surface area contributed by atoms with Gasteiger partial charge in [0.15, 0.2) is 5.65 Å². The Bertz CT molecular complexity index is 1290. The van der Waals surface area contributed by atoms with Gasteiger partial charge < -0.3 is 9.88 Å². The number of hydrogen-bond acceptors (Lipinski definition) is 5. The molecule has 8 nitrogen and oxygen atoms in total. The number of halogens is 2. The van der Waals surface area contributed by atoms with E-state index in [0.29, 0.717) is 23.5 Å². The van der Waals surface area contributed by atoms with E-state index in [1.165, 1.54) is 24.3 Å². The first kappa shape index (κ1) is 20.4. The van der Waals surface area contributed by atoms with Crippen LogP contribution in [0.15, 0.2) is 60.8 Å². The molecule has 2 aromatic heterocycles. The molecule has 0 saturated carbocycles. The van der Waals surface area contributed by atoms with Crippen molar-refractivity contribution in [3.63, 3.8) is 0 Å². The molecule has 2 aromatic carbocycles. The molecular weight excluding hydrogens is 425 g/mol. The molecule has 0 aliphatic carbocycles. The summed E-state index contributed by atoms with van der Waals surface area (Å²) >= 11 is 6.05. The topological polar surface area (TPSA) is 103 Å². The quantitative estimate of drug-likeness (QED) is 0.359. The smallest absolute Gasteiger partial charge is 0.270 e. The second-order valence-corrected chi connectivity index (χ2v) is 7.10. The first-order valence-corrected chi connectivity index (χ1v) is 9.57. The molecule has 0 atom stereocenters. The van der Waals surface area contributed by atoms with E-state index in [4.69, 9.17) is 11.6 Å². The van der Waals surface area contributed by atoms with Gasteiger partial charge in [0.2, 0.25) is 0 Å². The summed E-state index contributed by atoms with van der Waals surface area (Å²) in [4.78, 5) is 31.9. The van der Waals surface area contributed by atoms with Gasteiger partial charge in [-0.1, -0.05) is 23.7 Å². The van der Waals surface area contributed by atoms with Gasteiger partial charge >= 0.3 is 0 Å². The van der Waals surface area contributed by atoms with Crippen LogP contribution in [0.1, 0.15) is 21.7 Å². The number of pyridine rings is 1. The molecule has 4 aromatic rings. The van der Waals surface area contributed by atoms with E-state index >= 15 is 0 Å². The predicted molar refractivity (Wildman–Crippen MR) is 112 cm³/mol. The van der Waals surface area contributed by atoms with E-state index in [1.54, 1.807) is 30.5 Å². The molecule has 2 heterocycles. The molecule has 0 bridgehead atoms. The number of imidazole rings is 1. The first-order chi connectivity index (χ1) is 14.9. The maximum Gasteiger partial charge on any atom is 0.270 e.